The third kappa shape index (κ3) is 4.25. The van der Waals surface area contributed by atoms with Crippen molar-refractivity contribution in [1.82, 2.24) is 20.2 Å². The van der Waals surface area contributed by atoms with Crippen molar-refractivity contribution in [2.75, 3.05) is 30.5 Å². The van der Waals surface area contributed by atoms with Gasteiger partial charge in [-0.25, -0.2) is 4.98 Å². The number of benzene rings is 2. The van der Waals surface area contributed by atoms with Gasteiger partial charge in [-0.15, -0.1) is 0 Å². The number of aromatic nitrogens is 4. The molecule has 0 spiro atoms. The van der Waals surface area contributed by atoms with Crippen LogP contribution in [0.3, 0.4) is 0 Å². The third-order valence-electron chi connectivity index (χ3n) is 5.95. The van der Waals surface area contributed by atoms with E-state index in [-0.39, 0.29) is 12.6 Å². The van der Waals surface area contributed by atoms with Crippen LogP contribution in [-0.4, -0.2) is 45.5 Å². The van der Waals surface area contributed by atoms with E-state index in [9.17, 15) is 5.11 Å². The van der Waals surface area contributed by atoms with Gasteiger partial charge in [-0.2, -0.15) is 10.1 Å². The molecule has 168 valence electrons. The average Bonchev–Trinajstić information content (AvgIpc) is 3.31. The van der Waals surface area contributed by atoms with E-state index in [0.29, 0.717) is 12.5 Å². The molecule has 0 saturated heterocycles. The topological polar surface area (TPSA) is 99.2 Å². The van der Waals surface area contributed by atoms with Gasteiger partial charge in [0.25, 0.3) is 0 Å². The average molecular weight is 443 g/mol. The van der Waals surface area contributed by atoms with Crippen molar-refractivity contribution in [2.45, 2.75) is 19.0 Å². The molecule has 1 aliphatic rings. The fourth-order valence-electron chi connectivity index (χ4n) is 4.22. The smallest absolute Gasteiger partial charge is 0.225 e. The molecule has 0 bridgehead atoms. The molecule has 0 aliphatic carbocycles. The van der Waals surface area contributed by atoms with Gasteiger partial charge in [0.05, 0.1) is 19.8 Å². The predicted octanol–water partition coefficient (Wildman–Crippen LogP) is 3.58. The van der Waals surface area contributed by atoms with Crippen LogP contribution >= 0.6 is 0 Å². The summed E-state index contributed by atoms with van der Waals surface area (Å²) in [5.41, 5.74) is 5.15. The molecule has 1 atom stereocenters. The molecule has 3 N–H and O–H groups in total. The van der Waals surface area contributed by atoms with Gasteiger partial charge in [-0.05, 0) is 23.8 Å². The van der Waals surface area contributed by atoms with Crippen molar-refractivity contribution < 1.29 is 9.84 Å². The minimum absolute atomic E-state index is 0.0536. The molecule has 8 nitrogen and oxygen atoms in total. The number of methoxy groups -OCH3 is 1. The molecule has 4 aromatic rings. The number of aromatic amines is 1. The zero-order chi connectivity index (χ0) is 22.6. The number of anilines is 2. The van der Waals surface area contributed by atoms with Crippen molar-refractivity contribution >= 4 is 11.8 Å². The number of H-pyrrole nitrogens is 1. The van der Waals surface area contributed by atoms with Crippen LogP contribution in [0.5, 0.6) is 5.75 Å². The Morgan fingerprint density at radius 3 is 2.76 bits per heavy atom. The number of nitrogens with one attached hydrogen (secondary N) is 2. The summed E-state index contributed by atoms with van der Waals surface area (Å²) in [6, 6.07) is 19.4. The minimum Gasteiger partial charge on any atom is -0.496 e. The van der Waals surface area contributed by atoms with E-state index in [1.807, 2.05) is 60.7 Å². The van der Waals surface area contributed by atoms with E-state index in [0.717, 1.165) is 52.6 Å². The molecule has 2 aromatic carbocycles. The lowest BCUT2D eigenvalue weighted by molar-refractivity contribution is 0.276. The molecule has 8 heteroatoms. The molecule has 0 saturated carbocycles. The minimum atomic E-state index is -0.277. The first-order chi connectivity index (χ1) is 16.3. The number of ether oxygens (including phenoxy) is 1. The summed E-state index contributed by atoms with van der Waals surface area (Å²) in [5.74, 6) is 2.11. The predicted molar refractivity (Wildman–Crippen MR) is 127 cm³/mol. The van der Waals surface area contributed by atoms with Crippen LogP contribution in [0.1, 0.15) is 22.9 Å². The zero-order valence-electron chi connectivity index (χ0n) is 18.4. The van der Waals surface area contributed by atoms with Gasteiger partial charge in [-0.1, -0.05) is 42.5 Å². The molecule has 3 heterocycles. The summed E-state index contributed by atoms with van der Waals surface area (Å²) in [6.07, 6.45) is 2.59. The van der Waals surface area contributed by atoms with Gasteiger partial charge < -0.3 is 20.1 Å². The fraction of sp³-hybridized carbons (Fsp3) is 0.240. The van der Waals surface area contributed by atoms with Gasteiger partial charge in [0.1, 0.15) is 17.3 Å². The van der Waals surface area contributed by atoms with Gasteiger partial charge in [0.2, 0.25) is 5.95 Å². The Kier molecular flexibility index (Phi) is 5.91. The number of para-hydroxylation sites is 1. The van der Waals surface area contributed by atoms with Crippen molar-refractivity contribution in [2.24, 2.45) is 0 Å². The maximum absolute atomic E-state index is 9.88. The second-order valence-electron chi connectivity index (χ2n) is 7.93. The van der Waals surface area contributed by atoms with Crippen LogP contribution in [-0.2, 0) is 13.0 Å². The van der Waals surface area contributed by atoms with Crippen molar-refractivity contribution in [3.63, 3.8) is 0 Å². The van der Waals surface area contributed by atoms with Gasteiger partial charge in [0.15, 0.2) is 0 Å². The number of nitrogens with zero attached hydrogens (tertiary/aromatic N) is 4. The van der Waals surface area contributed by atoms with E-state index >= 15 is 0 Å². The quantitative estimate of drug-likeness (QED) is 0.402. The second kappa shape index (κ2) is 9.30. The van der Waals surface area contributed by atoms with E-state index in [2.05, 4.69) is 25.4 Å². The Hall–Kier alpha value is -3.91. The van der Waals surface area contributed by atoms with Crippen LogP contribution in [0.15, 0.2) is 66.9 Å². The zero-order valence-corrected chi connectivity index (χ0v) is 18.4. The first-order valence-corrected chi connectivity index (χ1v) is 11.0. The molecule has 0 amide bonds. The Morgan fingerprint density at radius 2 is 1.94 bits per heavy atom. The van der Waals surface area contributed by atoms with Crippen LogP contribution < -0.4 is 15.0 Å². The molecule has 5 rings (SSSR count). The van der Waals surface area contributed by atoms with Gasteiger partial charge >= 0.3 is 0 Å². The first-order valence-electron chi connectivity index (χ1n) is 11.0. The summed E-state index contributed by atoms with van der Waals surface area (Å²) in [7, 11) is 1.68. The lowest BCUT2D eigenvalue weighted by atomic mass is 10.0. The maximum atomic E-state index is 9.88. The molecular weight excluding hydrogens is 416 g/mol. The standard InChI is InChI=1S/C25H26N6O2/c1-33-22-10-6-5-9-18(22)24-19-15-31(14-12-20(19)29-30-24)23-11-13-26-25(28-23)27-21(16-32)17-7-3-2-4-8-17/h2-11,13,21,32H,12,14-16H2,1H3,(H,29,30)(H,26,27,28)/t21-/m1/s1. The normalized spacial score (nSPS) is 13.9. The summed E-state index contributed by atoms with van der Waals surface area (Å²) in [4.78, 5) is 11.3. The van der Waals surface area contributed by atoms with E-state index in [4.69, 9.17) is 9.72 Å². The molecule has 0 radical (unpaired) electrons. The number of rotatable bonds is 7. The molecule has 1 aliphatic heterocycles. The summed E-state index contributed by atoms with van der Waals surface area (Å²) >= 11 is 0. The SMILES string of the molecule is COc1ccccc1-c1n[nH]c2c1CN(c1ccnc(N[C@H](CO)c3ccccc3)n1)CC2. The third-order valence-corrected chi connectivity index (χ3v) is 5.95. The Morgan fingerprint density at radius 1 is 1.12 bits per heavy atom. The summed E-state index contributed by atoms with van der Waals surface area (Å²) < 4.78 is 5.55. The summed E-state index contributed by atoms with van der Waals surface area (Å²) in [5, 5.41) is 20.9. The van der Waals surface area contributed by atoms with Crippen LogP contribution in [0.4, 0.5) is 11.8 Å². The van der Waals surface area contributed by atoms with Crippen molar-refractivity contribution in [3.8, 4) is 17.0 Å². The molecular formula is C25H26N6O2. The largest absolute Gasteiger partial charge is 0.496 e. The second-order valence-corrected chi connectivity index (χ2v) is 7.93. The van der Waals surface area contributed by atoms with Crippen LogP contribution in [0.25, 0.3) is 11.3 Å². The number of hydrogen-bond donors (Lipinski definition) is 3. The van der Waals surface area contributed by atoms with E-state index < -0.39 is 0 Å². The molecule has 0 fully saturated rings. The molecule has 33 heavy (non-hydrogen) atoms. The van der Waals surface area contributed by atoms with Gasteiger partial charge in [-0.3, -0.25) is 5.10 Å². The molecule has 2 aromatic heterocycles. The summed E-state index contributed by atoms with van der Waals surface area (Å²) in [6.45, 7) is 1.44. The van der Waals surface area contributed by atoms with Crippen molar-refractivity contribution in [1.29, 1.82) is 0 Å². The Labute approximate surface area is 192 Å². The first kappa shape index (κ1) is 21.0. The lowest BCUT2D eigenvalue weighted by Crippen LogP contribution is -2.31. The Balaban J connectivity index is 1.39. The highest BCUT2D eigenvalue weighted by Gasteiger charge is 2.25. The lowest BCUT2D eigenvalue weighted by Gasteiger charge is -2.28. The number of hydrogen-bond acceptors (Lipinski definition) is 7. The van der Waals surface area contributed by atoms with Crippen molar-refractivity contribution in [3.05, 3.63) is 83.7 Å². The fourth-order valence-corrected chi connectivity index (χ4v) is 4.22. The number of aliphatic hydroxyl groups is 1. The van der Waals surface area contributed by atoms with E-state index in [1.54, 1.807) is 13.3 Å². The number of fused-ring (bicyclic) bond motifs is 1. The Bertz CT molecular complexity index is 1230. The highest BCUT2D eigenvalue weighted by molar-refractivity contribution is 5.71. The van der Waals surface area contributed by atoms with Crippen LogP contribution in [0.2, 0.25) is 0 Å². The highest BCUT2D eigenvalue weighted by Crippen LogP contribution is 2.35. The van der Waals surface area contributed by atoms with Gasteiger partial charge in [0, 0.05) is 42.5 Å². The maximum Gasteiger partial charge on any atom is 0.225 e. The number of aliphatic hydroxyl groups excluding tert-OH is 1. The van der Waals surface area contributed by atoms with Crippen LogP contribution in [0, 0.1) is 0 Å². The van der Waals surface area contributed by atoms with E-state index in [1.165, 1.54) is 0 Å². The highest BCUT2D eigenvalue weighted by atomic mass is 16.5. The molecule has 0 unspecified atom stereocenters. The monoisotopic (exact) mass is 442 g/mol.